The third-order valence-electron chi connectivity index (χ3n) is 1.60. The highest BCUT2D eigenvalue weighted by Gasteiger charge is 2.07. The van der Waals surface area contributed by atoms with Gasteiger partial charge in [0.25, 0.3) is 0 Å². The molecule has 0 amide bonds. The number of esters is 1. The van der Waals surface area contributed by atoms with Crippen molar-refractivity contribution in [2.45, 2.75) is 6.92 Å². The molecule has 0 aliphatic heterocycles. The number of Topliss-reactive ketones (excluding diaryl/α,β-unsaturated/α-hetero) is 1. The van der Waals surface area contributed by atoms with Gasteiger partial charge in [-0.25, -0.2) is 4.79 Å². The molecule has 1 aromatic carbocycles. The van der Waals surface area contributed by atoms with E-state index in [4.69, 9.17) is 0 Å². The number of benzene rings is 1. The Morgan fingerprint density at radius 1 is 1.46 bits per heavy atom. The van der Waals surface area contributed by atoms with Crippen molar-refractivity contribution in [2.24, 2.45) is 0 Å². The molecule has 0 aliphatic rings. The molecule has 0 aliphatic carbocycles. The van der Waals surface area contributed by atoms with E-state index in [1.807, 2.05) is 0 Å². The minimum Gasteiger partial charge on any atom is -0.465 e. The van der Waals surface area contributed by atoms with Gasteiger partial charge in [-0.15, -0.1) is 0 Å². The topological polar surface area (TPSA) is 43.4 Å². The second-order valence-electron chi connectivity index (χ2n) is 2.54. The summed E-state index contributed by atoms with van der Waals surface area (Å²) in [5.41, 5.74) is 0.759. The van der Waals surface area contributed by atoms with Crippen LogP contribution in [-0.4, -0.2) is 18.9 Å². The normalized spacial score (nSPS) is 9.38. The maximum Gasteiger partial charge on any atom is 0.337 e. The Kier molecular flexibility index (Phi) is 2.80. The minimum absolute atomic E-state index is 0.120. The van der Waals surface area contributed by atoms with Gasteiger partial charge < -0.3 is 4.74 Å². The first-order valence-electron chi connectivity index (χ1n) is 3.76. The zero-order valence-corrected chi connectivity index (χ0v) is 7.46. The van der Waals surface area contributed by atoms with Gasteiger partial charge in [-0.05, 0) is 25.1 Å². The van der Waals surface area contributed by atoms with E-state index < -0.39 is 5.97 Å². The Hall–Kier alpha value is -1.64. The first-order chi connectivity index (χ1) is 6.15. The van der Waals surface area contributed by atoms with Crippen LogP contribution < -0.4 is 0 Å². The van der Waals surface area contributed by atoms with E-state index in [0.29, 0.717) is 11.1 Å². The Balaban J connectivity index is 3.05. The summed E-state index contributed by atoms with van der Waals surface area (Å²) in [4.78, 5) is 22.0. The van der Waals surface area contributed by atoms with Crippen molar-refractivity contribution in [2.75, 3.05) is 7.11 Å². The summed E-state index contributed by atoms with van der Waals surface area (Å²) in [5, 5.41) is 0. The Morgan fingerprint density at radius 2 is 2.15 bits per heavy atom. The van der Waals surface area contributed by atoms with Crippen LogP contribution in [0.25, 0.3) is 0 Å². The van der Waals surface area contributed by atoms with Gasteiger partial charge in [0.15, 0.2) is 5.78 Å². The Morgan fingerprint density at radius 3 is 2.69 bits per heavy atom. The maximum atomic E-state index is 11.0. The fraction of sp³-hybridized carbons (Fsp3) is 0.200. The van der Waals surface area contributed by atoms with E-state index in [2.05, 4.69) is 10.8 Å². The van der Waals surface area contributed by atoms with Crippen LogP contribution in [0.2, 0.25) is 0 Å². The van der Waals surface area contributed by atoms with Crippen molar-refractivity contribution in [3.8, 4) is 0 Å². The predicted molar refractivity (Wildman–Crippen MR) is 46.6 cm³/mol. The summed E-state index contributed by atoms with van der Waals surface area (Å²) in [5.74, 6) is -0.567. The molecule has 0 heterocycles. The monoisotopic (exact) mass is 177 g/mol. The van der Waals surface area contributed by atoms with Crippen LogP contribution in [0.1, 0.15) is 27.6 Å². The van der Waals surface area contributed by atoms with Crippen LogP contribution in [0, 0.1) is 6.07 Å². The molecule has 0 unspecified atom stereocenters. The van der Waals surface area contributed by atoms with Gasteiger partial charge in [-0.1, -0.05) is 6.07 Å². The molecule has 0 saturated heterocycles. The van der Waals surface area contributed by atoms with E-state index >= 15 is 0 Å². The molecular weight excluding hydrogens is 168 g/mol. The molecule has 0 atom stereocenters. The van der Waals surface area contributed by atoms with E-state index in [1.54, 1.807) is 6.07 Å². The fourth-order valence-corrected chi connectivity index (χ4v) is 0.915. The highest BCUT2D eigenvalue weighted by atomic mass is 16.5. The number of carbonyl (C=O) groups is 2. The van der Waals surface area contributed by atoms with Crippen molar-refractivity contribution < 1.29 is 14.3 Å². The number of ketones is 1. The lowest BCUT2D eigenvalue weighted by Gasteiger charge is -1.99. The van der Waals surface area contributed by atoms with Gasteiger partial charge in [0, 0.05) is 5.56 Å². The largest absolute Gasteiger partial charge is 0.465 e. The number of ether oxygens (including phenoxy) is 1. The third kappa shape index (κ3) is 2.15. The second-order valence-corrected chi connectivity index (χ2v) is 2.54. The summed E-state index contributed by atoms with van der Waals surface area (Å²) in [6.07, 6.45) is 0. The molecule has 0 aromatic heterocycles. The van der Waals surface area contributed by atoms with E-state index in [1.165, 1.54) is 26.2 Å². The van der Waals surface area contributed by atoms with Gasteiger partial charge in [-0.2, -0.15) is 0 Å². The predicted octanol–water partition coefficient (Wildman–Crippen LogP) is 1.48. The molecule has 1 rings (SSSR count). The summed E-state index contributed by atoms with van der Waals surface area (Å²) < 4.78 is 4.51. The molecule has 1 radical (unpaired) electrons. The Bertz CT molecular complexity index is 342. The number of hydrogen-bond acceptors (Lipinski definition) is 3. The van der Waals surface area contributed by atoms with Gasteiger partial charge in [0.1, 0.15) is 0 Å². The lowest BCUT2D eigenvalue weighted by atomic mass is 10.1. The maximum absolute atomic E-state index is 11.0. The first kappa shape index (κ1) is 9.45. The van der Waals surface area contributed by atoms with E-state index in [0.717, 1.165) is 0 Å². The molecule has 0 N–H and O–H groups in total. The van der Waals surface area contributed by atoms with Crippen molar-refractivity contribution in [3.05, 3.63) is 35.4 Å². The lowest BCUT2D eigenvalue weighted by Crippen LogP contribution is -2.03. The van der Waals surface area contributed by atoms with Crippen LogP contribution in [-0.2, 0) is 4.74 Å². The zero-order valence-electron chi connectivity index (χ0n) is 7.46. The molecule has 3 heteroatoms. The zero-order chi connectivity index (χ0) is 9.84. The van der Waals surface area contributed by atoms with E-state index in [-0.39, 0.29) is 5.78 Å². The van der Waals surface area contributed by atoms with Gasteiger partial charge >= 0.3 is 5.97 Å². The minimum atomic E-state index is -0.448. The third-order valence-corrected chi connectivity index (χ3v) is 1.60. The standard InChI is InChI=1S/C10H9O3/c1-7(11)8-4-3-5-9(6-8)10(12)13-2/h3,5-6H,1-2H3. The molecule has 0 bridgehead atoms. The smallest absolute Gasteiger partial charge is 0.337 e. The summed E-state index contributed by atoms with van der Waals surface area (Å²) in [6.45, 7) is 1.42. The quantitative estimate of drug-likeness (QED) is 0.507. The highest BCUT2D eigenvalue weighted by Crippen LogP contribution is 2.06. The van der Waals surface area contributed by atoms with Crippen LogP contribution >= 0.6 is 0 Å². The van der Waals surface area contributed by atoms with Crippen molar-refractivity contribution in [3.63, 3.8) is 0 Å². The average Bonchev–Trinajstić information content (AvgIpc) is 2.17. The molecule has 13 heavy (non-hydrogen) atoms. The van der Waals surface area contributed by atoms with Crippen molar-refractivity contribution in [1.29, 1.82) is 0 Å². The summed E-state index contributed by atoms with van der Waals surface area (Å²) in [6, 6.07) is 7.28. The number of hydrogen-bond donors (Lipinski definition) is 0. The highest BCUT2D eigenvalue weighted by molar-refractivity contribution is 5.97. The molecule has 67 valence electrons. The van der Waals surface area contributed by atoms with Crippen molar-refractivity contribution >= 4 is 11.8 Å². The van der Waals surface area contributed by atoms with E-state index in [9.17, 15) is 9.59 Å². The molecule has 3 nitrogen and oxygen atoms in total. The van der Waals surface area contributed by atoms with Crippen LogP contribution in [0.5, 0.6) is 0 Å². The molecule has 0 fully saturated rings. The molecule has 0 saturated carbocycles. The van der Waals surface area contributed by atoms with Crippen LogP contribution in [0.3, 0.4) is 0 Å². The van der Waals surface area contributed by atoms with Crippen LogP contribution in [0.4, 0.5) is 0 Å². The van der Waals surface area contributed by atoms with Crippen molar-refractivity contribution in [1.82, 2.24) is 0 Å². The summed E-state index contributed by atoms with van der Waals surface area (Å²) >= 11 is 0. The van der Waals surface area contributed by atoms with Crippen LogP contribution in [0.15, 0.2) is 18.2 Å². The fourth-order valence-electron chi connectivity index (χ4n) is 0.915. The molecule has 0 spiro atoms. The number of rotatable bonds is 2. The molecule has 1 aromatic rings. The summed E-state index contributed by atoms with van der Waals surface area (Å²) in [7, 11) is 1.30. The SMILES string of the molecule is COC(=O)c1cc[c]c(C(C)=O)c1. The van der Waals surface area contributed by atoms with Gasteiger partial charge in [-0.3, -0.25) is 4.79 Å². The Labute approximate surface area is 76.3 Å². The average molecular weight is 177 g/mol. The first-order valence-corrected chi connectivity index (χ1v) is 3.76. The number of methoxy groups -OCH3 is 1. The lowest BCUT2D eigenvalue weighted by molar-refractivity contribution is 0.0600. The second kappa shape index (κ2) is 3.85. The van der Waals surface area contributed by atoms with Gasteiger partial charge in [0.05, 0.1) is 12.7 Å². The number of carbonyl (C=O) groups excluding carboxylic acids is 2. The molecular formula is C10H9O3. The van der Waals surface area contributed by atoms with Gasteiger partial charge in [0.2, 0.25) is 0 Å².